The van der Waals surface area contributed by atoms with Gasteiger partial charge in [-0.3, -0.25) is 0 Å². The number of rotatable bonds is 2. The summed E-state index contributed by atoms with van der Waals surface area (Å²) in [5, 5.41) is 0. The van der Waals surface area contributed by atoms with Crippen molar-refractivity contribution in [2.24, 2.45) is 0 Å². The number of anilines is 1. The molecule has 2 nitrogen and oxygen atoms in total. The van der Waals surface area contributed by atoms with Gasteiger partial charge in [-0.1, -0.05) is 0 Å². The second-order valence-electron chi connectivity index (χ2n) is 2.31. The van der Waals surface area contributed by atoms with E-state index in [2.05, 4.69) is 10.4 Å². The van der Waals surface area contributed by atoms with Crippen molar-refractivity contribution in [2.45, 2.75) is 6.92 Å². The van der Waals surface area contributed by atoms with Crippen LogP contribution in [0.5, 0.6) is 0 Å². The summed E-state index contributed by atoms with van der Waals surface area (Å²) in [6.07, 6.45) is 0. The lowest BCUT2D eigenvalue weighted by atomic mass is 10.2. The lowest BCUT2D eigenvalue weighted by Crippen LogP contribution is -2.09. The molecular weight excluding hydrogens is 186 g/mol. The molecule has 66 valence electrons. The largest absolute Gasteiger partial charge is 0.308 e. The van der Waals surface area contributed by atoms with E-state index in [0.29, 0.717) is 5.69 Å². The summed E-state index contributed by atoms with van der Waals surface area (Å²) in [4.78, 5) is 2.09. The molecule has 0 bridgehead atoms. The molecule has 5 heteroatoms. The molecule has 12 heavy (non-hydrogen) atoms. The Morgan fingerprint density at radius 3 is 2.50 bits per heavy atom. The van der Waals surface area contributed by atoms with E-state index < -0.39 is 11.6 Å². The molecular formula is C7H7ClF2N2. The van der Waals surface area contributed by atoms with Crippen LogP contribution in [-0.2, 0) is 0 Å². The average molecular weight is 193 g/mol. The maximum absolute atomic E-state index is 12.7. The third-order valence-electron chi connectivity index (χ3n) is 1.40. The van der Waals surface area contributed by atoms with Crippen LogP contribution in [0.2, 0.25) is 0 Å². The molecule has 0 aliphatic carbocycles. The lowest BCUT2D eigenvalue weighted by Gasteiger charge is -2.04. The van der Waals surface area contributed by atoms with Gasteiger partial charge in [-0.15, -0.1) is 4.94 Å². The summed E-state index contributed by atoms with van der Waals surface area (Å²) >= 11 is 5.10. The fourth-order valence-electron chi connectivity index (χ4n) is 0.853. The van der Waals surface area contributed by atoms with Crippen molar-refractivity contribution in [1.82, 2.24) is 4.94 Å². The Morgan fingerprint density at radius 1 is 1.33 bits per heavy atom. The van der Waals surface area contributed by atoms with Crippen molar-refractivity contribution >= 4 is 17.5 Å². The predicted molar refractivity (Wildman–Crippen MR) is 43.7 cm³/mol. The first-order valence-corrected chi connectivity index (χ1v) is 3.60. The summed E-state index contributed by atoms with van der Waals surface area (Å²) in [7, 11) is 0. The van der Waals surface area contributed by atoms with Crippen LogP contribution in [-0.4, -0.2) is 0 Å². The van der Waals surface area contributed by atoms with Gasteiger partial charge in [0.25, 0.3) is 0 Å². The van der Waals surface area contributed by atoms with Crippen LogP contribution in [0, 0.1) is 18.6 Å². The van der Waals surface area contributed by atoms with Crippen molar-refractivity contribution in [3.05, 3.63) is 29.3 Å². The molecule has 0 radical (unpaired) electrons. The fourth-order valence-corrected chi connectivity index (χ4v) is 0.962. The molecule has 0 saturated carbocycles. The third kappa shape index (κ3) is 1.84. The van der Waals surface area contributed by atoms with Gasteiger partial charge in [-0.2, -0.15) is 0 Å². The average Bonchev–Trinajstić information content (AvgIpc) is 2.01. The Morgan fingerprint density at radius 2 is 2.00 bits per heavy atom. The highest BCUT2D eigenvalue weighted by atomic mass is 35.5. The number of aryl methyl sites for hydroxylation is 1. The SMILES string of the molecule is Cc1cc(NNCl)cc(F)c1F. The summed E-state index contributed by atoms with van der Waals surface area (Å²) in [6, 6.07) is 2.45. The molecule has 0 unspecified atom stereocenters. The predicted octanol–water partition coefficient (Wildman–Crippen LogP) is 2.34. The van der Waals surface area contributed by atoms with Crippen LogP contribution in [0.3, 0.4) is 0 Å². The summed E-state index contributed by atoms with van der Waals surface area (Å²) in [5.74, 6) is -1.74. The molecule has 0 spiro atoms. The molecule has 0 saturated heterocycles. The maximum Gasteiger partial charge on any atom is 0.161 e. The molecule has 0 atom stereocenters. The Bertz CT molecular complexity index is 268. The van der Waals surface area contributed by atoms with Crippen LogP contribution < -0.4 is 10.4 Å². The number of hydrogen-bond acceptors (Lipinski definition) is 2. The Labute approximate surface area is 73.6 Å². The monoisotopic (exact) mass is 192 g/mol. The second kappa shape index (κ2) is 3.69. The molecule has 0 aromatic heterocycles. The van der Waals surface area contributed by atoms with Crippen LogP contribution >= 0.6 is 11.8 Å². The van der Waals surface area contributed by atoms with Gasteiger partial charge in [0.1, 0.15) is 0 Å². The van der Waals surface area contributed by atoms with Gasteiger partial charge in [0, 0.05) is 6.07 Å². The van der Waals surface area contributed by atoms with Crippen LogP contribution in [0.25, 0.3) is 0 Å². The third-order valence-corrected chi connectivity index (χ3v) is 1.50. The fraction of sp³-hybridized carbons (Fsp3) is 0.143. The molecule has 2 N–H and O–H groups in total. The van der Waals surface area contributed by atoms with E-state index in [-0.39, 0.29) is 5.56 Å². The smallest absolute Gasteiger partial charge is 0.161 e. The summed E-state index contributed by atoms with van der Waals surface area (Å²) in [6.45, 7) is 1.47. The molecule has 1 aromatic carbocycles. The van der Waals surface area contributed by atoms with E-state index in [9.17, 15) is 8.78 Å². The first kappa shape index (κ1) is 9.22. The van der Waals surface area contributed by atoms with Gasteiger partial charge >= 0.3 is 0 Å². The number of nitrogens with one attached hydrogen (secondary N) is 2. The van der Waals surface area contributed by atoms with Gasteiger partial charge in [0.15, 0.2) is 11.6 Å². The standard InChI is InChI=1S/C7H7ClF2N2/c1-4-2-5(11-12-8)3-6(9)7(4)10/h2-3,11-12H,1H3. The minimum Gasteiger partial charge on any atom is -0.308 e. The van der Waals surface area contributed by atoms with Crippen molar-refractivity contribution < 1.29 is 8.78 Å². The van der Waals surface area contributed by atoms with Crippen molar-refractivity contribution in [3.63, 3.8) is 0 Å². The first-order chi connectivity index (χ1) is 5.65. The molecule has 0 aliphatic rings. The van der Waals surface area contributed by atoms with Gasteiger partial charge in [-0.25, -0.2) is 8.78 Å². The van der Waals surface area contributed by atoms with E-state index in [1.165, 1.54) is 13.0 Å². The zero-order valence-electron chi connectivity index (χ0n) is 6.29. The molecule has 0 fully saturated rings. The molecule has 0 amide bonds. The van der Waals surface area contributed by atoms with Crippen molar-refractivity contribution in [1.29, 1.82) is 0 Å². The van der Waals surface area contributed by atoms with Gasteiger partial charge < -0.3 is 5.43 Å². The number of hydrogen-bond donors (Lipinski definition) is 2. The van der Waals surface area contributed by atoms with E-state index in [1.54, 1.807) is 0 Å². The van der Waals surface area contributed by atoms with Gasteiger partial charge in [0.05, 0.1) is 5.69 Å². The topological polar surface area (TPSA) is 24.1 Å². The van der Waals surface area contributed by atoms with Gasteiger partial charge in [-0.05, 0) is 30.3 Å². The Balaban J connectivity index is 3.04. The number of benzene rings is 1. The minimum atomic E-state index is -0.899. The van der Waals surface area contributed by atoms with Crippen molar-refractivity contribution in [3.8, 4) is 0 Å². The van der Waals surface area contributed by atoms with Crippen LogP contribution in [0.15, 0.2) is 12.1 Å². The highest BCUT2D eigenvalue weighted by molar-refractivity contribution is 6.13. The highest BCUT2D eigenvalue weighted by Gasteiger charge is 2.06. The van der Waals surface area contributed by atoms with Gasteiger partial charge in [0.2, 0.25) is 0 Å². The van der Waals surface area contributed by atoms with Crippen LogP contribution in [0.1, 0.15) is 5.56 Å². The molecule has 0 aliphatic heterocycles. The van der Waals surface area contributed by atoms with E-state index in [1.807, 2.05) is 0 Å². The Hall–Kier alpha value is -0.870. The normalized spacial score (nSPS) is 10.0. The van der Waals surface area contributed by atoms with Crippen LogP contribution in [0.4, 0.5) is 14.5 Å². The summed E-state index contributed by atoms with van der Waals surface area (Å²) in [5.41, 5.74) is 3.03. The van der Waals surface area contributed by atoms with E-state index in [4.69, 9.17) is 11.8 Å². The van der Waals surface area contributed by atoms with E-state index in [0.717, 1.165) is 6.07 Å². The molecule has 1 rings (SSSR count). The first-order valence-electron chi connectivity index (χ1n) is 3.22. The van der Waals surface area contributed by atoms with Crippen molar-refractivity contribution in [2.75, 3.05) is 5.43 Å². The molecule has 0 heterocycles. The summed E-state index contributed by atoms with van der Waals surface area (Å²) < 4.78 is 25.4. The quantitative estimate of drug-likeness (QED) is 0.555. The maximum atomic E-state index is 12.7. The Kier molecular flexibility index (Phi) is 2.83. The zero-order valence-corrected chi connectivity index (χ0v) is 7.04. The highest BCUT2D eigenvalue weighted by Crippen LogP contribution is 2.16. The lowest BCUT2D eigenvalue weighted by molar-refractivity contribution is 0.503. The molecule has 1 aromatic rings. The zero-order chi connectivity index (χ0) is 9.14. The minimum absolute atomic E-state index is 0.226. The second-order valence-corrected chi connectivity index (χ2v) is 2.50. The number of hydrazine groups is 1. The van der Waals surface area contributed by atoms with E-state index >= 15 is 0 Å². The number of halogens is 3.